The summed E-state index contributed by atoms with van der Waals surface area (Å²) in [5, 5.41) is 5.43. The number of ether oxygens (including phenoxy) is 4. The van der Waals surface area contributed by atoms with Crippen LogP contribution in [0.2, 0.25) is 10.0 Å². The van der Waals surface area contributed by atoms with E-state index in [0.29, 0.717) is 64.1 Å². The number of benzene rings is 4. The first-order valence-electron chi connectivity index (χ1n) is 15.3. The van der Waals surface area contributed by atoms with Crippen LogP contribution in [0.3, 0.4) is 0 Å². The normalized spacial score (nSPS) is 12.9. The number of nitrogens with one attached hydrogen (secondary N) is 3. The van der Waals surface area contributed by atoms with Crippen LogP contribution < -0.4 is 30.0 Å². The molecule has 13 heteroatoms. The predicted molar refractivity (Wildman–Crippen MR) is 200 cm³/mol. The Kier molecular flexibility index (Phi) is 12.0. The van der Waals surface area contributed by atoms with Gasteiger partial charge in [0, 0.05) is 68.2 Å². The average Bonchev–Trinajstić information content (AvgIpc) is 3.53. The summed E-state index contributed by atoms with van der Waals surface area (Å²) in [6, 6.07) is 25.1. The minimum Gasteiger partial charge on any atom is -0.490 e. The number of H-pyrrole nitrogens is 2. The number of carbonyl (C=O) groups is 2. The molecule has 5 N–H and O–H groups in total. The number of nitrogens with two attached hydrogens (primary N) is 1. The number of carbonyl (C=O) groups excluding carboxylic acids is 2. The number of rotatable bonds is 3. The highest BCUT2D eigenvalue weighted by molar-refractivity contribution is 6.67. The molecular weight excluding hydrogens is 703 g/mol. The van der Waals surface area contributed by atoms with Crippen molar-refractivity contribution in [3.63, 3.8) is 0 Å². The van der Waals surface area contributed by atoms with Crippen LogP contribution in [0.25, 0.3) is 21.8 Å². The van der Waals surface area contributed by atoms with E-state index in [1.54, 1.807) is 60.7 Å². The van der Waals surface area contributed by atoms with Gasteiger partial charge in [0.2, 0.25) is 0 Å². The van der Waals surface area contributed by atoms with E-state index in [1.807, 2.05) is 24.3 Å². The quantitative estimate of drug-likeness (QED) is 0.105. The Hall–Kier alpha value is -5.03. The highest BCUT2D eigenvalue weighted by Gasteiger charge is 2.14. The van der Waals surface area contributed by atoms with Gasteiger partial charge in [-0.25, -0.2) is 0 Å². The summed E-state index contributed by atoms with van der Waals surface area (Å²) in [6.45, 7) is 2.66. The summed E-state index contributed by atoms with van der Waals surface area (Å²) in [6.07, 6.45) is 1.77. The standard InChI is InChI=1S/C18H15ClN2O3.C9H5Cl2NO.C9H11NO2.CH4/c19-12-2-4-14-11(8-12)9-15(21-14)18(22)20-13-3-5-16-17(10-13)24-7-1-6-23-16;10-6-1-2-7-5(3-6)4-8(12-7)9(11)13;10-7-2-3-8-9(6-7)12-5-1-4-11-8;/h2-5,8-10,21H,1,6-7H2,(H,20,22);1-4,12H;2-3,6H,1,4-5,10H2;1H4. The summed E-state index contributed by atoms with van der Waals surface area (Å²) in [4.78, 5) is 29.2. The Morgan fingerprint density at radius 2 is 1.12 bits per heavy atom. The lowest BCUT2D eigenvalue weighted by atomic mass is 10.2. The van der Waals surface area contributed by atoms with Crippen LogP contribution in [-0.4, -0.2) is 47.5 Å². The molecule has 8 rings (SSSR count). The summed E-state index contributed by atoms with van der Waals surface area (Å²) in [5.74, 6) is 2.67. The molecule has 4 aromatic carbocycles. The van der Waals surface area contributed by atoms with Crippen molar-refractivity contribution in [2.75, 3.05) is 37.5 Å². The lowest BCUT2D eigenvalue weighted by Crippen LogP contribution is -2.12. The van der Waals surface area contributed by atoms with E-state index in [9.17, 15) is 9.59 Å². The number of nitrogen functional groups attached to an aromatic ring is 1. The van der Waals surface area contributed by atoms with E-state index < -0.39 is 5.24 Å². The predicted octanol–water partition coefficient (Wildman–Crippen LogP) is 9.50. The van der Waals surface area contributed by atoms with Gasteiger partial charge in [-0.15, -0.1) is 0 Å². The smallest absolute Gasteiger partial charge is 0.272 e. The maximum atomic E-state index is 12.5. The Morgan fingerprint density at radius 1 is 0.620 bits per heavy atom. The van der Waals surface area contributed by atoms with Gasteiger partial charge in [0.25, 0.3) is 11.1 Å². The second-order valence-corrected chi connectivity index (χ2v) is 12.2. The summed E-state index contributed by atoms with van der Waals surface area (Å²) in [5.41, 5.74) is 9.54. The molecule has 2 aliphatic rings. The van der Waals surface area contributed by atoms with Crippen LogP contribution in [0.1, 0.15) is 41.2 Å². The van der Waals surface area contributed by atoms with E-state index in [-0.39, 0.29) is 13.3 Å². The molecule has 6 aromatic rings. The summed E-state index contributed by atoms with van der Waals surface area (Å²) >= 11 is 17.1. The summed E-state index contributed by atoms with van der Waals surface area (Å²) < 4.78 is 22.1. The van der Waals surface area contributed by atoms with E-state index in [0.717, 1.165) is 52.8 Å². The number of anilines is 2. The molecule has 4 heterocycles. The summed E-state index contributed by atoms with van der Waals surface area (Å²) in [7, 11) is 0. The third-order valence-corrected chi connectivity index (χ3v) is 8.07. The molecule has 0 bridgehead atoms. The van der Waals surface area contributed by atoms with E-state index >= 15 is 0 Å². The second-order valence-electron chi connectivity index (χ2n) is 11.0. The van der Waals surface area contributed by atoms with Crippen molar-refractivity contribution in [1.29, 1.82) is 0 Å². The molecule has 260 valence electrons. The lowest BCUT2D eigenvalue weighted by molar-refractivity contribution is 0.102. The van der Waals surface area contributed by atoms with Gasteiger partial charge in [0.15, 0.2) is 23.0 Å². The van der Waals surface area contributed by atoms with Gasteiger partial charge in [-0.1, -0.05) is 30.6 Å². The van der Waals surface area contributed by atoms with Crippen molar-refractivity contribution in [3.05, 3.63) is 106 Å². The van der Waals surface area contributed by atoms with Crippen molar-refractivity contribution in [2.45, 2.75) is 20.3 Å². The molecular formula is C37H35Cl3N4O6. The number of halogens is 3. The fourth-order valence-electron chi connectivity index (χ4n) is 5.05. The number of hydrogen-bond acceptors (Lipinski definition) is 7. The lowest BCUT2D eigenvalue weighted by Gasteiger charge is -2.10. The van der Waals surface area contributed by atoms with E-state index in [4.69, 9.17) is 59.5 Å². The van der Waals surface area contributed by atoms with Crippen LogP contribution in [0.4, 0.5) is 11.4 Å². The van der Waals surface area contributed by atoms with Crippen LogP contribution in [0.5, 0.6) is 23.0 Å². The third-order valence-electron chi connectivity index (χ3n) is 7.40. The molecule has 2 aromatic heterocycles. The number of aromatic nitrogens is 2. The SMILES string of the molecule is C.Nc1ccc2c(c1)OCCCO2.O=C(Cl)c1cc2cc(Cl)ccc2[nH]1.O=C(Nc1ccc2c(c1)OCCCO2)c1cc2cc(Cl)ccc2[nH]1. The third kappa shape index (κ3) is 9.15. The zero-order valence-corrected chi connectivity index (χ0v) is 28.3. The molecule has 0 saturated carbocycles. The van der Waals surface area contributed by atoms with Gasteiger partial charge >= 0.3 is 0 Å². The first kappa shape index (κ1) is 36.3. The topological polar surface area (TPSA) is 141 Å². The Bertz CT molecular complexity index is 2130. The van der Waals surface area contributed by atoms with Crippen molar-refractivity contribution in [1.82, 2.24) is 9.97 Å². The first-order valence-corrected chi connectivity index (χ1v) is 16.5. The van der Waals surface area contributed by atoms with Crippen molar-refractivity contribution in [2.24, 2.45) is 0 Å². The van der Waals surface area contributed by atoms with Crippen molar-refractivity contribution >= 4 is 79.1 Å². The van der Waals surface area contributed by atoms with Gasteiger partial charge in [0.05, 0.1) is 32.1 Å². The van der Waals surface area contributed by atoms with Gasteiger partial charge in [-0.3, -0.25) is 9.59 Å². The van der Waals surface area contributed by atoms with Gasteiger partial charge in [-0.2, -0.15) is 0 Å². The van der Waals surface area contributed by atoms with Gasteiger partial charge in [-0.05, 0) is 84.4 Å². The van der Waals surface area contributed by atoms with E-state index in [2.05, 4.69) is 15.3 Å². The largest absolute Gasteiger partial charge is 0.490 e. The van der Waals surface area contributed by atoms with Crippen LogP contribution in [0, 0.1) is 0 Å². The molecule has 0 spiro atoms. The maximum Gasteiger partial charge on any atom is 0.272 e. The number of hydrogen-bond donors (Lipinski definition) is 4. The van der Waals surface area contributed by atoms with Crippen LogP contribution >= 0.6 is 34.8 Å². The van der Waals surface area contributed by atoms with Crippen molar-refractivity contribution in [3.8, 4) is 23.0 Å². The van der Waals surface area contributed by atoms with E-state index in [1.165, 1.54) is 0 Å². The highest BCUT2D eigenvalue weighted by atomic mass is 35.5. The second kappa shape index (κ2) is 16.6. The zero-order valence-electron chi connectivity index (χ0n) is 26.0. The average molecular weight is 738 g/mol. The molecule has 50 heavy (non-hydrogen) atoms. The zero-order chi connectivity index (χ0) is 34.3. The Labute approximate surface area is 303 Å². The number of amides is 1. The molecule has 1 amide bonds. The minimum atomic E-state index is -0.493. The molecule has 0 saturated heterocycles. The van der Waals surface area contributed by atoms with Crippen LogP contribution in [0.15, 0.2) is 84.9 Å². The fourth-order valence-corrected chi connectivity index (χ4v) is 5.52. The molecule has 0 atom stereocenters. The number of fused-ring (bicyclic) bond motifs is 4. The minimum absolute atomic E-state index is 0. The Morgan fingerprint density at radius 3 is 1.70 bits per heavy atom. The van der Waals surface area contributed by atoms with Gasteiger partial charge < -0.3 is 40.0 Å². The monoisotopic (exact) mass is 736 g/mol. The van der Waals surface area contributed by atoms with Gasteiger partial charge in [0.1, 0.15) is 5.69 Å². The number of aromatic amines is 2. The molecule has 2 aliphatic heterocycles. The Balaban J connectivity index is 0.000000158. The molecule has 0 fully saturated rings. The molecule has 0 radical (unpaired) electrons. The fraction of sp³-hybridized carbons (Fsp3) is 0.189. The molecule has 10 nitrogen and oxygen atoms in total. The maximum absolute atomic E-state index is 12.5. The molecule has 0 aliphatic carbocycles. The van der Waals surface area contributed by atoms with Crippen molar-refractivity contribution < 1.29 is 28.5 Å². The van der Waals surface area contributed by atoms with Crippen LogP contribution in [-0.2, 0) is 0 Å². The first-order chi connectivity index (χ1) is 23.7. The molecule has 0 unspecified atom stereocenters. The highest BCUT2D eigenvalue weighted by Crippen LogP contribution is 2.33.